The summed E-state index contributed by atoms with van der Waals surface area (Å²) in [6, 6.07) is 10.4. The molecule has 84 valence electrons. The molecule has 16 heavy (non-hydrogen) atoms. The van der Waals surface area contributed by atoms with Crippen LogP contribution in [0.5, 0.6) is 0 Å². The Hall–Kier alpha value is -1.14. The maximum atomic E-state index is 8.72. The summed E-state index contributed by atoms with van der Waals surface area (Å²) in [5, 5.41) is 12.9. The third kappa shape index (κ3) is 2.70. The van der Waals surface area contributed by atoms with Crippen molar-refractivity contribution in [3.05, 3.63) is 29.8 Å². The molecule has 1 fully saturated rings. The summed E-state index contributed by atoms with van der Waals surface area (Å²) in [5.41, 5.74) is 1.84. The highest BCUT2D eigenvalue weighted by molar-refractivity contribution is 8.00. The number of nitriles is 1. The van der Waals surface area contributed by atoms with Gasteiger partial charge in [-0.1, -0.05) is 6.92 Å². The molecule has 2 atom stereocenters. The Balaban J connectivity index is 2.00. The number of nitrogens with zero attached hydrogens (tertiary/aromatic N) is 1. The highest BCUT2D eigenvalue weighted by atomic mass is 32.2. The molecule has 0 bridgehead atoms. The van der Waals surface area contributed by atoms with Crippen LogP contribution in [0.2, 0.25) is 0 Å². The minimum absolute atomic E-state index is 0.562. The van der Waals surface area contributed by atoms with Crippen LogP contribution < -0.4 is 5.32 Å². The maximum absolute atomic E-state index is 8.72. The Morgan fingerprint density at radius 3 is 2.75 bits per heavy atom. The van der Waals surface area contributed by atoms with Crippen LogP contribution in [0.25, 0.3) is 0 Å². The second kappa shape index (κ2) is 5.27. The molecule has 2 nitrogen and oxygen atoms in total. The lowest BCUT2D eigenvalue weighted by Gasteiger charge is -2.29. The molecule has 2 unspecified atom stereocenters. The number of benzene rings is 1. The largest absolute Gasteiger partial charge is 0.381 e. The predicted octanol–water partition coefficient (Wildman–Crippen LogP) is 3.25. The van der Waals surface area contributed by atoms with E-state index >= 15 is 0 Å². The van der Waals surface area contributed by atoms with E-state index in [4.69, 9.17) is 5.26 Å². The van der Waals surface area contributed by atoms with Crippen molar-refractivity contribution < 1.29 is 0 Å². The molecule has 0 saturated carbocycles. The van der Waals surface area contributed by atoms with Gasteiger partial charge < -0.3 is 5.32 Å². The van der Waals surface area contributed by atoms with Crippen LogP contribution in [0.4, 0.5) is 5.69 Å². The Kier molecular flexibility index (Phi) is 3.74. The van der Waals surface area contributed by atoms with Crippen molar-refractivity contribution in [1.82, 2.24) is 0 Å². The van der Waals surface area contributed by atoms with E-state index in [2.05, 4.69) is 18.3 Å². The summed E-state index contributed by atoms with van der Waals surface area (Å²) in [6.07, 6.45) is 2.54. The van der Waals surface area contributed by atoms with Crippen molar-refractivity contribution >= 4 is 17.4 Å². The van der Waals surface area contributed by atoms with Gasteiger partial charge in [-0.15, -0.1) is 0 Å². The standard InChI is InChI=1S/C13H16N2S/c1-10-13(3-2-8-16-10)15-12-6-4-11(9-14)5-7-12/h4-7,10,13,15H,2-3,8H2,1H3. The van der Waals surface area contributed by atoms with Crippen LogP contribution in [0, 0.1) is 11.3 Å². The molecule has 0 aromatic heterocycles. The first-order valence-corrected chi connectivity index (χ1v) is 6.73. The summed E-state index contributed by atoms with van der Waals surface area (Å²) in [6.45, 7) is 2.28. The first-order valence-electron chi connectivity index (χ1n) is 5.68. The van der Waals surface area contributed by atoms with Crippen molar-refractivity contribution in [3.63, 3.8) is 0 Å². The molecular formula is C13H16N2S. The van der Waals surface area contributed by atoms with Gasteiger partial charge in [0.2, 0.25) is 0 Å². The Morgan fingerprint density at radius 2 is 2.12 bits per heavy atom. The van der Waals surface area contributed by atoms with E-state index in [-0.39, 0.29) is 0 Å². The maximum Gasteiger partial charge on any atom is 0.0991 e. The van der Waals surface area contributed by atoms with Gasteiger partial charge in [0.25, 0.3) is 0 Å². The molecule has 0 spiro atoms. The number of anilines is 1. The minimum atomic E-state index is 0.562. The minimum Gasteiger partial charge on any atom is -0.381 e. The molecule has 1 aliphatic rings. The predicted molar refractivity (Wildman–Crippen MR) is 69.7 cm³/mol. The molecule has 1 heterocycles. The lowest BCUT2D eigenvalue weighted by molar-refractivity contribution is 0.617. The second-order valence-electron chi connectivity index (χ2n) is 4.16. The summed E-state index contributed by atoms with van der Waals surface area (Å²) in [7, 11) is 0. The normalized spacial score (nSPS) is 24.8. The van der Waals surface area contributed by atoms with Crippen molar-refractivity contribution in [3.8, 4) is 6.07 Å². The van der Waals surface area contributed by atoms with Gasteiger partial charge in [-0.25, -0.2) is 0 Å². The van der Waals surface area contributed by atoms with E-state index in [1.165, 1.54) is 18.6 Å². The Morgan fingerprint density at radius 1 is 1.38 bits per heavy atom. The van der Waals surface area contributed by atoms with Crippen molar-refractivity contribution in [2.75, 3.05) is 11.1 Å². The van der Waals surface area contributed by atoms with E-state index < -0.39 is 0 Å². The van der Waals surface area contributed by atoms with Crippen LogP contribution >= 0.6 is 11.8 Å². The van der Waals surface area contributed by atoms with Crippen LogP contribution in [-0.2, 0) is 0 Å². The molecule has 1 aliphatic heterocycles. The molecule has 1 saturated heterocycles. The van der Waals surface area contributed by atoms with Crippen molar-refractivity contribution in [1.29, 1.82) is 5.26 Å². The number of hydrogen-bond donors (Lipinski definition) is 1. The zero-order chi connectivity index (χ0) is 11.4. The average molecular weight is 232 g/mol. The fraction of sp³-hybridized carbons (Fsp3) is 0.462. The zero-order valence-corrected chi connectivity index (χ0v) is 10.3. The summed E-state index contributed by atoms with van der Waals surface area (Å²) < 4.78 is 0. The third-order valence-corrected chi connectivity index (χ3v) is 4.35. The number of thioether (sulfide) groups is 1. The molecule has 0 aliphatic carbocycles. The van der Waals surface area contributed by atoms with Gasteiger partial charge in [-0.3, -0.25) is 0 Å². The highest BCUT2D eigenvalue weighted by Crippen LogP contribution is 2.27. The zero-order valence-electron chi connectivity index (χ0n) is 9.44. The molecule has 1 N–H and O–H groups in total. The van der Waals surface area contributed by atoms with E-state index in [1.54, 1.807) is 0 Å². The molecule has 0 radical (unpaired) electrons. The van der Waals surface area contributed by atoms with Crippen LogP contribution in [0.15, 0.2) is 24.3 Å². The number of rotatable bonds is 2. The number of hydrogen-bond acceptors (Lipinski definition) is 3. The lowest BCUT2D eigenvalue weighted by Crippen LogP contribution is -2.32. The smallest absolute Gasteiger partial charge is 0.0991 e. The monoisotopic (exact) mass is 232 g/mol. The quantitative estimate of drug-likeness (QED) is 0.850. The molecule has 2 rings (SSSR count). The topological polar surface area (TPSA) is 35.8 Å². The van der Waals surface area contributed by atoms with E-state index in [1.807, 2.05) is 36.0 Å². The fourth-order valence-corrected chi connectivity index (χ4v) is 3.11. The van der Waals surface area contributed by atoms with Gasteiger partial charge in [0.05, 0.1) is 11.6 Å². The fourth-order valence-electron chi connectivity index (χ4n) is 1.97. The molecule has 0 amide bonds. The summed E-state index contributed by atoms with van der Waals surface area (Å²) >= 11 is 2.04. The van der Waals surface area contributed by atoms with Crippen LogP contribution in [0.3, 0.4) is 0 Å². The van der Waals surface area contributed by atoms with Gasteiger partial charge in [0.1, 0.15) is 0 Å². The van der Waals surface area contributed by atoms with Gasteiger partial charge in [0, 0.05) is 17.0 Å². The SMILES string of the molecule is CC1SCCCC1Nc1ccc(C#N)cc1. The third-order valence-electron chi connectivity index (χ3n) is 2.97. The van der Waals surface area contributed by atoms with E-state index in [0.29, 0.717) is 11.3 Å². The molecule has 3 heteroatoms. The molecular weight excluding hydrogens is 216 g/mol. The Labute approximate surface area is 101 Å². The summed E-state index contributed by atoms with van der Waals surface area (Å²) in [4.78, 5) is 0. The summed E-state index contributed by atoms with van der Waals surface area (Å²) in [5.74, 6) is 1.28. The van der Waals surface area contributed by atoms with Gasteiger partial charge in [-0.05, 0) is 42.9 Å². The van der Waals surface area contributed by atoms with Crippen molar-refractivity contribution in [2.45, 2.75) is 31.1 Å². The van der Waals surface area contributed by atoms with Crippen LogP contribution in [0.1, 0.15) is 25.3 Å². The molecule has 1 aromatic rings. The average Bonchev–Trinajstić information content (AvgIpc) is 2.33. The second-order valence-corrected chi connectivity index (χ2v) is 5.64. The van der Waals surface area contributed by atoms with Gasteiger partial charge in [0.15, 0.2) is 0 Å². The first-order chi connectivity index (χ1) is 7.79. The van der Waals surface area contributed by atoms with E-state index in [9.17, 15) is 0 Å². The molecule has 1 aromatic carbocycles. The van der Waals surface area contributed by atoms with Gasteiger partial charge >= 0.3 is 0 Å². The lowest BCUT2D eigenvalue weighted by atomic mass is 10.1. The number of nitrogens with one attached hydrogen (secondary N) is 1. The Bertz CT molecular complexity index is 380. The van der Waals surface area contributed by atoms with Crippen LogP contribution in [-0.4, -0.2) is 17.0 Å². The van der Waals surface area contributed by atoms with Crippen molar-refractivity contribution in [2.24, 2.45) is 0 Å². The highest BCUT2D eigenvalue weighted by Gasteiger charge is 2.21. The van der Waals surface area contributed by atoms with E-state index in [0.717, 1.165) is 11.3 Å². The van der Waals surface area contributed by atoms with Gasteiger partial charge in [-0.2, -0.15) is 17.0 Å². The first kappa shape index (κ1) is 11.3.